The predicted molar refractivity (Wildman–Crippen MR) is 127 cm³/mol. The van der Waals surface area contributed by atoms with E-state index in [0.29, 0.717) is 36.7 Å². The Balaban J connectivity index is 1.56. The maximum atomic E-state index is 13.3. The molecular weight excluding hydrogens is 438 g/mol. The Morgan fingerprint density at radius 2 is 1.82 bits per heavy atom. The maximum Gasteiger partial charge on any atom is 0.258 e. The molecule has 0 aliphatic carbocycles. The molecule has 8 heteroatoms. The molecule has 0 radical (unpaired) electrons. The summed E-state index contributed by atoms with van der Waals surface area (Å²) in [6.45, 7) is 5.07. The second-order valence-electron chi connectivity index (χ2n) is 7.76. The summed E-state index contributed by atoms with van der Waals surface area (Å²) < 4.78 is 33.0. The average molecular weight is 466 g/mol. The van der Waals surface area contributed by atoms with Crippen LogP contribution in [0.5, 0.6) is 11.5 Å². The van der Waals surface area contributed by atoms with Gasteiger partial charge in [-0.05, 0) is 73.0 Å². The average Bonchev–Trinajstić information content (AvgIpc) is 2.84. The van der Waals surface area contributed by atoms with Gasteiger partial charge >= 0.3 is 0 Å². The molecule has 1 aliphatic rings. The van der Waals surface area contributed by atoms with E-state index >= 15 is 0 Å². The molecule has 33 heavy (non-hydrogen) atoms. The van der Waals surface area contributed by atoms with Gasteiger partial charge in [0.2, 0.25) is 10.0 Å². The van der Waals surface area contributed by atoms with Crippen LogP contribution in [-0.2, 0) is 16.4 Å². The van der Waals surface area contributed by atoms with Crippen molar-refractivity contribution in [1.29, 1.82) is 0 Å². The van der Waals surface area contributed by atoms with Crippen molar-refractivity contribution >= 4 is 21.6 Å². The maximum absolute atomic E-state index is 13.3. The van der Waals surface area contributed by atoms with Crippen LogP contribution in [-0.4, -0.2) is 43.2 Å². The van der Waals surface area contributed by atoms with Crippen molar-refractivity contribution in [3.8, 4) is 11.5 Å². The molecule has 0 fully saturated rings. The SMILES string of the molecule is CCN(CC)S(=O)(=O)c1ccc2c(c1)CCCN2C(=O)c1ccc(Oc2cccnc2)cc1. The number of sulfonamides is 1. The number of rotatable bonds is 7. The van der Waals surface area contributed by atoms with E-state index in [1.165, 1.54) is 4.31 Å². The fourth-order valence-electron chi connectivity index (χ4n) is 4.02. The van der Waals surface area contributed by atoms with Gasteiger partial charge in [0.1, 0.15) is 11.5 Å². The summed E-state index contributed by atoms with van der Waals surface area (Å²) in [6, 6.07) is 15.7. The van der Waals surface area contributed by atoms with Crippen LogP contribution in [0.25, 0.3) is 0 Å². The summed E-state index contributed by atoms with van der Waals surface area (Å²) >= 11 is 0. The summed E-state index contributed by atoms with van der Waals surface area (Å²) in [7, 11) is -3.54. The minimum absolute atomic E-state index is 0.122. The number of anilines is 1. The topological polar surface area (TPSA) is 79.8 Å². The van der Waals surface area contributed by atoms with Crippen LogP contribution >= 0.6 is 0 Å². The summed E-state index contributed by atoms with van der Waals surface area (Å²) in [5.74, 6) is 1.12. The summed E-state index contributed by atoms with van der Waals surface area (Å²) in [6.07, 6.45) is 4.81. The number of ether oxygens (including phenoxy) is 1. The molecule has 1 amide bonds. The number of hydrogen-bond donors (Lipinski definition) is 0. The molecule has 0 saturated heterocycles. The zero-order valence-electron chi connectivity index (χ0n) is 18.8. The summed E-state index contributed by atoms with van der Waals surface area (Å²) in [4.78, 5) is 19.3. The number of aromatic nitrogens is 1. The first-order chi connectivity index (χ1) is 15.9. The highest BCUT2D eigenvalue weighted by Crippen LogP contribution is 2.32. The Bertz CT molecular complexity index is 1220. The number of nitrogens with zero attached hydrogens (tertiary/aromatic N) is 3. The number of pyridine rings is 1. The van der Waals surface area contributed by atoms with Gasteiger partial charge < -0.3 is 9.64 Å². The van der Waals surface area contributed by atoms with Gasteiger partial charge in [-0.3, -0.25) is 9.78 Å². The van der Waals surface area contributed by atoms with E-state index in [9.17, 15) is 13.2 Å². The van der Waals surface area contributed by atoms with Gasteiger partial charge in [-0.15, -0.1) is 0 Å². The third-order valence-electron chi connectivity index (χ3n) is 5.73. The van der Waals surface area contributed by atoms with Crippen molar-refractivity contribution in [3.05, 3.63) is 78.1 Å². The highest BCUT2D eigenvalue weighted by atomic mass is 32.2. The second kappa shape index (κ2) is 9.72. The molecule has 172 valence electrons. The Morgan fingerprint density at radius 1 is 1.06 bits per heavy atom. The molecule has 0 spiro atoms. The molecule has 7 nitrogen and oxygen atoms in total. The smallest absolute Gasteiger partial charge is 0.258 e. The third-order valence-corrected chi connectivity index (χ3v) is 7.78. The highest BCUT2D eigenvalue weighted by Gasteiger charge is 2.27. The van der Waals surface area contributed by atoms with Gasteiger partial charge in [0.05, 0.1) is 11.1 Å². The Hall–Kier alpha value is -3.23. The molecular formula is C25H27N3O4S. The largest absolute Gasteiger partial charge is 0.456 e. The fraction of sp³-hybridized carbons (Fsp3) is 0.280. The third kappa shape index (κ3) is 4.77. The van der Waals surface area contributed by atoms with E-state index in [4.69, 9.17) is 4.74 Å². The van der Waals surface area contributed by atoms with Gasteiger partial charge in [0.15, 0.2) is 0 Å². The first kappa shape index (κ1) is 22.9. The molecule has 2 aromatic carbocycles. The number of carbonyl (C=O) groups excluding carboxylic acids is 1. The molecule has 3 aromatic rings. The normalized spacial score (nSPS) is 13.6. The second-order valence-corrected chi connectivity index (χ2v) is 9.69. The molecule has 4 rings (SSSR count). The van der Waals surface area contributed by atoms with Crippen molar-refractivity contribution in [3.63, 3.8) is 0 Å². The standard InChI is InChI=1S/C25H27N3O4S/c1-3-27(4-2)33(30,31)23-13-14-24-20(17-23)7-6-16-28(24)25(29)19-9-11-21(12-10-19)32-22-8-5-15-26-18-22/h5,8-15,17-18H,3-4,6-7,16H2,1-2H3. The lowest BCUT2D eigenvalue weighted by Gasteiger charge is -2.30. The van der Waals surface area contributed by atoms with Crippen LogP contribution < -0.4 is 9.64 Å². The lowest BCUT2D eigenvalue weighted by Crippen LogP contribution is -2.36. The van der Waals surface area contributed by atoms with Crippen LogP contribution in [0.1, 0.15) is 36.2 Å². The number of fused-ring (bicyclic) bond motifs is 1. The van der Waals surface area contributed by atoms with Crippen LogP contribution in [0.3, 0.4) is 0 Å². The van der Waals surface area contributed by atoms with Gasteiger partial charge in [0.25, 0.3) is 5.91 Å². The van der Waals surface area contributed by atoms with E-state index in [-0.39, 0.29) is 10.8 Å². The van der Waals surface area contributed by atoms with Crippen LogP contribution in [0.4, 0.5) is 5.69 Å². The molecule has 2 heterocycles. The summed E-state index contributed by atoms with van der Waals surface area (Å²) in [5, 5.41) is 0. The van der Waals surface area contributed by atoms with Gasteiger partial charge in [-0.1, -0.05) is 13.8 Å². The molecule has 0 unspecified atom stereocenters. The number of hydrogen-bond acceptors (Lipinski definition) is 5. The highest BCUT2D eigenvalue weighted by molar-refractivity contribution is 7.89. The lowest BCUT2D eigenvalue weighted by atomic mass is 10.0. The van der Waals surface area contributed by atoms with E-state index in [0.717, 1.165) is 24.1 Å². The molecule has 1 aliphatic heterocycles. The predicted octanol–water partition coefficient (Wildman–Crippen LogP) is 4.50. The van der Waals surface area contributed by atoms with Crippen molar-refractivity contribution in [2.75, 3.05) is 24.5 Å². The zero-order chi connectivity index (χ0) is 23.4. The zero-order valence-corrected chi connectivity index (χ0v) is 19.6. The number of aryl methyl sites for hydroxylation is 1. The molecule has 1 aromatic heterocycles. The Labute approximate surface area is 194 Å². The van der Waals surface area contributed by atoms with Gasteiger partial charge in [0, 0.05) is 37.1 Å². The van der Waals surface area contributed by atoms with Gasteiger partial charge in [-0.2, -0.15) is 4.31 Å². The molecule has 0 saturated carbocycles. The first-order valence-electron chi connectivity index (χ1n) is 11.1. The number of amides is 1. The van der Waals surface area contributed by atoms with Crippen molar-refractivity contribution in [2.24, 2.45) is 0 Å². The van der Waals surface area contributed by atoms with Crippen LogP contribution in [0.2, 0.25) is 0 Å². The van der Waals surface area contributed by atoms with E-state index < -0.39 is 10.0 Å². The van der Waals surface area contributed by atoms with Crippen molar-refractivity contribution in [1.82, 2.24) is 9.29 Å². The monoisotopic (exact) mass is 465 g/mol. The van der Waals surface area contributed by atoms with Crippen molar-refractivity contribution in [2.45, 2.75) is 31.6 Å². The van der Waals surface area contributed by atoms with Crippen LogP contribution in [0.15, 0.2) is 71.9 Å². The Morgan fingerprint density at radius 3 is 2.48 bits per heavy atom. The van der Waals surface area contributed by atoms with E-state index in [1.54, 1.807) is 65.8 Å². The minimum Gasteiger partial charge on any atom is -0.456 e. The van der Waals surface area contributed by atoms with E-state index in [2.05, 4.69) is 4.98 Å². The lowest BCUT2D eigenvalue weighted by molar-refractivity contribution is 0.0985. The fourth-order valence-corrected chi connectivity index (χ4v) is 5.53. The number of carbonyl (C=O) groups is 1. The molecule has 0 bridgehead atoms. The van der Waals surface area contributed by atoms with Crippen molar-refractivity contribution < 1.29 is 17.9 Å². The number of benzene rings is 2. The van der Waals surface area contributed by atoms with E-state index in [1.807, 2.05) is 19.9 Å². The van der Waals surface area contributed by atoms with Crippen LogP contribution in [0, 0.1) is 0 Å². The van der Waals surface area contributed by atoms with Gasteiger partial charge in [-0.25, -0.2) is 8.42 Å². The molecule has 0 atom stereocenters. The minimum atomic E-state index is -3.54. The molecule has 0 N–H and O–H groups in total. The first-order valence-corrected chi connectivity index (χ1v) is 12.5. The Kier molecular flexibility index (Phi) is 6.76. The quantitative estimate of drug-likeness (QED) is 0.513. The summed E-state index contributed by atoms with van der Waals surface area (Å²) in [5.41, 5.74) is 2.18.